The standard InChI is InChI=1S/C24H26N2O3/c1-3-16-29-21-12-10-19(11-13-21)17-22(24(27)28-4-2)23-25-14-15-26(23)18-20-8-6-5-7-9-20/h5-15,17H,3-4,16,18H2,1-2H3/b22-17+. The molecule has 150 valence electrons. The number of imidazole rings is 1. The SMILES string of the molecule is CCCOc1ccc(/C=C(/C(=O)OCC)c2nccn2Cc2ccccc2)cc1. The van der Waals surface area contributed by atoms with Crippen molar-refractivity contribution >= 4 is 17.6 Å². The fourth-order valence-electron chi connectivity index (χ4n) is 2.93. The monoisotopic (exact) mass is 390 g/mol. The van der Waals surface area contributed by atoms with Crippen molar-refractivity contribution in [2.45, 2.75) is 26.8 Å². The van der Waals surface area contributed by atoms with Crippen LogP contribution in [0.5, 0.6) is 5.75 Å². The molecule has 0 bridgehead atoms. The largest absolute Gasteiger partial charge is 0.494 e. The highest BCUT2D eigenvalue weighted by molar-refractivity contribution is 6.20. The Labute approximate surface area is 171 Å². The highest BCUT2D eigenvalue weighted by Gasteiger charge is 2.19. The number of carbonyl (C=O) groups is 1. The molecule has 0 radical (unpaired) electrons. The molecule has 3 rings (SSSR count). The maximum absolute atomic E-state index is 12.7. The minimum Gasteiger partial charge on any atom is -0.494 e. The molecule has 0 amide bonds. The van der Waals surface area contributed by atoms with Crippen LogP contribution in [0.4, 0.5) is 0 Å². The van der Waals surface area contributed by atoms with Crippen molar-refractivity contribution in [3.8, 4) is 5.75 Å². The molecule has 5 heteroatoms. The van der Waals surface area contributed by atoms with Crippen molar-refractivity contribution in [3.05, 3.63) is 83.9 Å². The average molecular weight is 390 g/mol. The molecule has 0 unspecified atom stereocenters. The van der Waals surface area contributed by atoms with Crippen LogP contribution in [0.3, 0.4) is 0 Å². The van der Waals surface area contributed by atoms with E-state index in [0.717, 1.165) is 23.3 Å². The van der Waals surface area contributed by atoms with Crippen LogP contribution in [0, 0.1) is 0 Å². The third-order valence-electron chi connectivity index (χ3n) is 4.31. The Balaban J connectivity index is 1.91. The van der Waals surface area contributed by atoms with Gasteiger partial charge in [0.05, 0.1) is 13.2 Å². The summed E-state index contributed by atoms with van der Waals surface area (Å²) in [6.07, 6.45) is 6.34. The van der Waals surface area contributed by atoms with Crippen LogP contribution in [0.15, 0.2) is 67.0 Å². The first-order valence-electron chi connectivity index (χ1n) is 9.88. The summed E-state index contributed by atoms with van der Waals surface area (Å²) in [5.74, 6) is 1.00. The van der Waals surface area contributed by atoms with Crippen LogP contribution < -0.4 is 4.74 Å². The predicted molar refractivity (Wildman–Crippen MR) is 115 cm³/mol. The van der Waals surface area contributed by atoms with Crippen molar-refractivity contribution < 1.29 is 14.3 Å². The van der Waals surface area contributed by atoms with Crippen LogP contribution >= 0.6 is 0 Å². The lowest BCUT2D eigenvalue weighted by molar-refractivity contribution is -0.136. The minimum absolute atomic E-state index is 0.305. The van der Waals surface area contributed by atoms with Gasteiger partial charge >= 0.3 is 5.97 Å². The van der Waals surface area contributed by atoms with Gasteiger partial charge in [-0.1, -0.05) is 49.4 Å². The Bertz CT molecular complexity index is 944. The molecule has 0 N–H and O–H groups in total. The van der Waals surface area contributed by atoms with Gasteiger partial charge in [-0.15, -0.1) is 0 Å². The smallest absolute Gasteiger partial charge is 0.341 e. The fourth-order valence-corrected chi connectivity index (χ4v) is 2.93. The molecule has 0 aliphatic heterocycles. The van der Waals surface area contributed by atoms with Gasteiger partial charge in [-0.3, -0.25) is 0 Å². The second-order valence-corrected chi connectivity index (χ2v) is 6.56. The Morgan fingerprint density at radius 3 is 2.52 bits per heavy atom. The normalized spacial score (nSPS) is 11.3. The summed E-state index contributed by atoms with van der Waals surface area (Å²) in [5, 5.41) is 0. The van der Waals surface area contributed by atoms with Gasteiger partial charge in [0, 0.05) is 18.9 Å². The maximum Gasteiger partial charge on any atom is 0.341 e. The summed E-state index contributed by atoms with van der Waals surface area (Å²) in [6.45, 7) is 5.47. The first-order valence-corrected chi connectivity index (χ1v) is 9.88. The van der Waals surface area contributed by atoms with E-state index in [0.29, 0.717) is 31.2 Å². The van der Waals surface area contributed by atoms with Crippen LogP contribution in [-0.2, 0) is 16.1 Å². The number of carbonyl (C=O) groups excluding carboxylic acids is 1. The van der Waals surface area contributed by atoms with E-state index in [2.05, 4.69) is 11.9 Å². The zero-order valence-electron chi connectivity index (χ0n) is 16.9. The van der Waals surface area contributed by atoms with Gasteiger partial charge in [0.1, 0.15) is 17.1 Å². The van der Waals surface area contributed by atoms with Crippen LogP contribution in [0.25, 0.3) is 11.6 Å². The second-order valence-electron chi connectivity index (χ2n) is 6.56. The van der Waals surface area contributed by atoms with Gasteiger partial charge in [-0.2, -0.15) is 0 Å². The zero-order valence-corrected chi connectivity index (χ0v) is 16.9. The summed E-state index contributed by atoms with van der Waals surface area (Å²) in [7, 11) is 0. The Morgan fingerprint density at radius 1 is 1.07 bits per heavy atom. The van der Waals surface area contributed by atoms with E-state index in [-0.39, 0.29) is 5.97 Å². The predicted octanol–water partition coefficient (Wildman–Crippen LogP) is 4.82. The lowest BCUT2D eigenvalue weighted by Gasteiger charge is -2.11. The quantitative estimate of drug-likeness (QED) is 0.388. The number of nitrogens with zero attached hydrogens (tertiary/aromatic N) is 2. The van der Waals surface area contributed by atoms with Gasteiger partial charge in [0.2, 0.25) is 0 Å². The Hall–Kier alpha value is -3.34. The molecule has 2 aromatic carbocycles. The number of rotatable bonds is 9. The third kappa shape index (κ3) is 5.57. The van der Waals surface area contributed by atoms with E-state index in [9.17, 15) is 4.79 Å². The van der Waals surface area contributed by atoms with Crippen molar-refractivity contribution in [3.63, 3.8) is 0 Å². The molecule has 0 fully saturated rings. The van der Waals surface area contributed by atoms with Crippen LogP contribution in [0.2, 0.25) is 0 Å². The molecular weight excluding hydrogens is 364 g/mol. The molecule has 0 aliphatic rings. The Kier molecular flexibility index (Phi) is 7.22. The number of esters is 1. The molecule has 0 atom stereocenters. The highest BCUT2D eigenvalue weighted by atomic mass is 16.5. The molecule has 0 saturated carbocycles. The molecule has 3 aromatic rings. The lowest BCUT2D eigenvalue weighted by Crippen LogP contribution is -2.12. The molecule has 5 nitrogen and oxygen atoms in total. The summed E-state index contributed by atoms with van der Waals surface area (Å²) in [6, 6.07) is 17.7. The molecule has 0 spiro atoms. The Morgan fingerprint density at radius 2 is 1.83 bits per heavy atom. The average Bonchev–Trinajstić information content (AvgIpc) is 3.20. The molecule has 0 aliphatic carbocycles. The van der Waals surface area contributed by atoms with Crippen LogP contribution in [-0.4, -0.2) is 28.7 Å². The highest BCUT2D eigenvalue weighted by Crippen LogP contribution is 2.22. The van der Waals surface area contributed by atoms with Gasteiger partial charge in [-0.05, 0) is 42.7 Å². The number of aromatic nitrogens is 2. The van der Waals surface area contributed by atoms with Gasteiger partial charge in [0.15, 0.2) is 0 Å². The van der Waals surface area contributed by atoms with E-state index >= 15 is 0 Å². The van der Waals surface area contributed by atoms with Crippen molar-refractivity contribution in [1.82, 2.24) is 9.55 Å². The second kappa shape index (κ2) is 10.3. The van der Waals surface area contributed by atoms with Gasteiger partial charge < -0.3 is 14.0 Å². The molecule has 0 saturated heterocycles. The topological polar surface area (TPSA) is 53.4 Å². The van der Waals surface area contributed by atoms with Crippen molar-refractivity contribution in [2.24, 2.45) is 0 Å². The third-order valence-corrected chi connectivity index (χ3v) is 4.31. The summed E-state index contributed by atoms with van der Waals surface area (Å²) in [5.41, 5.74) is 2.44. The van der Waals surface area contributed by atoms with E-state index in [1.807, 2.05) is 71.4 Å². The number of benzene rings is 2. The minimum atomic E-state index is -0.390. The zero-order chi connectivity index (χ0) is 20.5. The van der Waals surface area contributed by atoms with Gasteiger partial charge in [0.25, 0.3) is 0 Å². The fraction of sp³-hybridized carbons (Fsp3) is 0.250. The summed E-state index contributed by atoms with van der Waals surface area (Å²) in [4.78, 5) is 17.1. The van der Waals surface area contributed by atoms with Crippen molar-refractivity contribution in [1.29, 1.82) is 0 Å². The lowest BCUT2D eigenvalue weighted by atomic mass is 10.1. The number of ether oxygens (including phenoxy) is 2. The molecule has 29 heavy (non-hydrogen) atoms. The van der Waals surface area contributed by atoms with E-state index in [1.54, 1.807) is 13.1 Å². The van der Waals surface area contributed by atoms with Crippen molar-refractivity contribution in [2.75, 3.05) is 13.2 Å². The molecule has 1 aromatic heterocycles. The summed E-state index contributed by atoms with van der Waals surface area (Å²) < 4.78 is 12.9. The van der Waals surface area contributed by atoms with Gasteiger partial charge in [-0.25, -0.2) is 9.78 Å². The number of hydrogen-bond donors (Lipinski definition) is 0. The summed E-state index contributed by atoms with van der Waals surface area (Å²) >= 11 is 0. The van der Waals surface area contributed by atoms with E-state index in [4.69, 9.17) is 9.47 Å². The molecular formula is C24H26N2O3. The molecule has 1 heterocycles. The first kappa shape index (κ1) is 20.4. The maximum atomic E-state index is 12.7. The van der Waals surface area contributed by atoms with Crippen LogP contribution in [0.1, 0.15) is 37.2 Å². The van der Waals surface area contributed by atoms with E-state index < -0.39 is 0 Å². The number of hydrogen-bond acceptors (Lipinski definition) is 4. The van der Waals surface area contributed by atoms with E-state index in [1.165, 1.54) is 0 Å². The first-order chi connectivity index (χ1) is 14.2.